The molecule has 1 heterocycles. The summed E-state index contributed by atoms with van der Waals surface area (Å²) in [5.41, 5.74) is 0.876. The molecule has 0 aliphatic heterocycles. The third-order valence-corrected chi connectivity index (χ3v) is 4.04. The van der Waals surface area contributed by atoms with E-state index in [1.807, 2.05) is 0 Å². The largest absolute Gasteiger partial charge is 0.619 e. The van der Waals surface area contributed by atoms with Gasteiger partial charge in [0, 0.05) is 22.2 Å². The van der Waals surface area contributed by atoms with Crippen LogP contribution in [-0.2, 0) is 9.53 Å². The molecular formula is C17H16Cl2N2O4. The minimum absolute atomic E-state index is 0.181. The number of rotatable bonds is 5. The molecule has 0 bridgehead atoms. The number of halogens is 2. The molecule has 0 unspecified atom stereocenters. The van der Waals surface area contributed by atoms with Crippen LogP contribution >= 0.6 is 23.2 Å². The van der Waals surface area contributed by atoms with E-state index >= 15 is 0 Å². The lowest BCUT2D eigenvalue weighted by molar-refractivity contribution is -0.605. The number of pyridine rings is 1. The van der Waals surface area contributed by atoms with Crippen LogP contribution in [0.4, 0.5) is 0 Å². The summed E-state index contributed by atoms with van der Waals surface area (Å²) in [6, 6.07) is 7.21. The second kappa shape index (κ2) is 8.18. The van der Waals surface area contributed by atoms with Gasteiger partial charge in [-0.1, -0.05) is 29.3 Å². The molecule has 1 N–H and O–H groups in total. The first-order valence-corrected chi connectivity index (χ1v) is 8.18. The zero-order valence-electron chi connectivity index (χ0n) is 13.5. The first-order chi connectivity index (χ1) is 11.8. The van der Waals surface area contributed by atoms with E-state index in [0.717, 1.165) is 0 Å². The Labute approximate surface area is 154 Å². The van der Waals surface area contributed by atoms with Crippen molar-refractivity contribution in [1.82, 2.24) is 5.32 Å². The fraction of sp³-hybridized carbons (Fsp3) is 0.235. The smallest absolute Gasteiger partial charge is 0.339 e. The summed E-state index contributed by atoms with van der Waals surface area (Å²) in [6.07, 6.45) is 1.33. The first kappa shape index (κ1) is 19.0. The van der Waals surface area contributed by atoms with E-state index in [2.05, 4.69) is 5.32 Å². The van der Waals surface area contributed by atoms with Crippen LogP contribution < -0.4 is 10.0 Å². The van der Waals surface area contributed by atoms with E-state index in [-0.39, 0.29) is 5.56 Å². The van der Waals surface area contributed by atoms with Gasteiger partial charge in [-0.15, -0.1) is 0 Å². The number of hydrogen-bond acceptors (Lipinski definition) is 4. The highest BCUT2D eigenvalue weighted by Gasteiger charge is 2.22. The molecule has 8 heteroatoms. The Morgan fingerprint density at radius 3 is 2.40 bits per heavy atom. The lowest BCUT2D eigenvalue weighted by Gasteiger charge is -2.19. The van der Waals surface area contributed by atoms with E-state index < -0.39 is 24.0 Å². The van der Waals surface area contributed by atoms with Crippen molar-refractivity contribution in [2.75, 3.05) is 0 Å². The van der Waals surface area contributed by atoms with Gasteiger partial charge in [-0.25, -0.2) is 4.79 Å². The van der Waals surface area contributed by atoms with Gasteiger partial charge in [0.2, 0.25) is 0 Å². The Morgan fingerprint density at radius 1 is 1.16 bits per heavy atom. The molecule has 0 spiro atoms. The quantitative estimate of drug-likeness (QED) is 0.489. The maximum Gasteiger partial charge on any atom is 0.339 e. The average molecular weight is 383 g/mol. The fourth-order valence-corrected chi connectivity index (χ4v) is 2.66. The van der Waals surface area contributed by atoms with E-state index in [0.29, 0.717) is 20.3 Å². The minimum Gasteiger partial charge on any atom is -0.619 e. The Bertz CT molecular complexity index is 781. The summed E-state index contributed by atoms with van der Waals surface area (Å²) in [5.74, 6) is -1.16. The van der Waals surface area contributed by atoms with Gasteiger partial charge >= 0.3 is 5.97 Å². The topological polar surface area (TPSA) is 82.3 Å². The maximum atomic E-state index is 12.2. The zero-order valence-corrected chi connectivity index (χ0v) is 15.0. The van der Waals surface area contributed by atoms with Crippen molar-refractivity contribution in [2.45, 2.75) is 26.0 Å². The lowest BCUT2D eigenvalue weighted by atomic mass is 10.1. The normalized spacial score (nSPS) is 13.0. The molecule has 2 atom stereocenters. The monoisotopic (exact) mass is 382 g/mol. The highest BCUT2D eigenvalue weighted by atomic mass is 35.5. The molecule has 0 saturated heterocycles. The van der Waals surface area contributed by atoms with Crippen molar-refractivity contribution in [3.8, 4) is 0 Å². The number of aromatic nitrogens is 1. The van der Waals surface area contributed by atoms with Crippen LogP contribution in [0.2, 0.25) is 10.0 Å². The molecule has 0 fully saturated rings. The van der Waals surface area contributed by atoms with E-state index in [4.69, 9.17) is 27.9 Å². The van der Waals surface area contributed by atoms with Gasteiger partial charge in [0.1, 0.15) is 0 Å². The molecule has 0 aliphatic rings. The van der Waals surface area contributed by atoms with Gasteiger partial charge in [0.15, 0.2) is 18.5 Å². The molecule has 0 radical (unpaired) electrons. The third-order valence-electron chi connectivity index (χ3n) is 3.48. The molecule has 1 amide bonds. The van der Waals surface area contributed by atoms with Crippen LogP contribution in [0, 0.1) is 5.21 Å². The number of nitrogens with zero attached hydrogens (tertiary/aromatic N) is 1. The highest BCUT2D eigenvalue weighted by molar-refractivity contribution is 6.35. The highest BCUT2D eigenvalue weighted by Crippen LogP contribution is 2.26. The predicted octanol–water partition coefficient (Wildman–Crippen LogP) is 3.05. The fourth-order valence-electron chi connectivity index (χ4n) is 2.09. The van der Waals surface area contributed by atoms with Crippen molar-refractivity contribution in [3.63, 3.8) is 0 Å². The summed E-state index contributed by atoms with van der Waals surface area (Å²) in [4.78, 5) is 24.2. The summed E-state index contributed by atoms with van der Waals surface area (Å²) in [5, 5.41) is 14.6. The molecule has 25 heavy (non-hydrogen) atoms. The number of ether oxygens (including phenoxy) is 1. The van der Waals surface area contributed by atoms with Gasteiger partial charge in [-0.2, -0.15) is 4.73 Å². The second-order valence-corrected chi connectivity index (χ2v) is 6.23. The van der Waals surface area contributed by atoms with Crippen molar-refractivity contribution in [2.24, 2.45) is 0 Å². The van der Waals surface area contributed by atoms with Crippen LogP contribution in [0.5, 0.6) is 0 Å². The zero-order chi connectivity index (χ0) is 18.6. The Morgan fingerprint density at radius 2 is 1.80 bits per heavy atom. The third kappa shape index (κ3) is 5.08. The number of esters is 1. The first-order valence-electron chi connectivity index (χ1n) is 7.43. The Kier molecular flexibility index (Phi) is 6.22. The van der Waals surface area contributed by atoms with Gasteiger partial charge in [0.25, 0.3) is 5.91 Å². The molecule has 1 aromatic carbocycles. The maximum absolute atomic E-state index is 12.2. The molecule has 6 nitrogen and oxygen atoms in total. The van der Waals surface area contributed by atoms with Crippen LogP contribution in [0.15, 0.2) is 42.7 Å². The Balaban J connectivity index is 1.97. The number of nitrogens with one attached hydrogen (secondary N) is 1. The molecule has 2 rings (SSSR count). The standard InChI is InChI=1S/C17H16Cl2N2O4/c1-10(14-4-3-13(18)9-15(14)19)20-16(22)11(2)25-17(23)12-5-7-21(24)8-6-12/h3-11H,1-2H3,(H,20,22)/t10-,11+/m0/s1. The van der Waals surface area contributed by atoms with E-state index in [9.17, 15) is 14.8 Å². The van der Waals surface area contributed by atoms with Gasteiger partial charge in [0.05, 0.1) is 11.6 Å². The number of hydrogen-bond donors (Lipinski definition) is 1. The van der Waals surface area contributed by atoms with Crippen molar-refractivity contribution < 1.29 is 19.1 Å². The summed E-state index contributed by atoms with van der Waals surface area (Å²) < 4.78 is 5.65. The second-order valence-electron chi connectivity index (χ2n) is 5.39. The molecular weight excluding hydrogens is 367 g/mol. The minimum atomic E-state index is -1.01. The van der Waals surface area contributed by atoms with Gasteiger partial charge in [-0.3, -0.25) is 4.79 Å². The molecule has 132 valence electrons. The van der Waals surface area contributed by atoms with Crippen LogP contribution in [-0.4, -0.2) is 18.0 Å². The number of carbonyl (C=O) groups is 2. The summed E-state index contributed by atoms with van der Waals surface area (Å²) in [6.45, 7) is 3.21. The number of carbonyl (C=O) groups excluding carboxylic acids is 2. The van der Waals surface area contributed by atoms with Crippen LogP contribution in [0.25, 0.3) is 0 Å². The average Bonchev–Trinajstić information content (AvgIpc) is 2.55. The number of amides is 1. The summed E-state index contributed by atoms with van der Waals surface area (Å²) >= 11 is 12.0. The predicted molar refractivity (Wildman–Crippen MR) is 93.3 cm³/mol. The van der Waals surface area contributed by atoms with Crippen LogP contribution in [0.1, 0.15) is 35.8 Å². The van der Waals surface area contributed by atoms with E-state index in [1.54, 1.807) is 25.1 Å². The van der Waals surface area contributed by atoms with Crippen molar-refractivity contribution in [1.29, 1.82) is 0 Å². The van der Waals surface area contributed by atoms with Gasteiger partial charge in [-0.05, 0) is 31.5 Å². The lowest BCUT2D eigenvalue weighted by Crippen LogP contribution is -2.37. The number of benzene rings is 1. The van der Waals surface area contributed by atoms with Crippen molar-refractivity contribution in [3.05, 3.63) is 69.1 Å². The molecule has 2 aromatic rings. The Hall–Kier alpha value is -2.31. The van der Waals surface area contributed by atoms with Crippen LogP contribution in [0.3, 0.4) is 0 Å². The molecule has 1 aromatic heterocycles. The SMILES string of the molecule is C[C@H](NC(=O)[C@@H](C)OC(=O)c1cc[n+]([O-])cc1)c1ccc(Cl)cc1Cl. The van der Waals surface area contributed by atoms with E-state index in [1.165, 1.54) is 31.5 Å². The molecule has 0 saturated carbocycles. The van der Waals surface area contributed by atoms with Crippen molar-refractivity contribution >= 4 is 35.1 Å². The molecule has 0 aliphatic carbocycles. The summed E-state index contributed by atoms with van der Waals surface area (Å²) in [7, 11) is 0. The van der Waals surface area contributed by atoms with Gasteiger partial charge < -0.3 is 15.3 Å².